The molecule has 2 amide bonds. The number of likely N-dealkylation sites (tertiary alicyclic amines) is 1. The molecule has 8 rings (SSSR count). The average Bonchev–Trinajstić information content (AvgIpc) is 4.08. The molecule has 16 heteroatoms. The Morgan fingerprint density at radius 2 is 1.47 bits per heavy atom. The zero-order valence-electron chi connectivity index (χ0n) is 43.4. The summed E-state index contributed by atoms with van der Waals surface area (Å²) in [5.41, 5.74) is 4.96. The van der Waals surface area contributed by atoms with Crippen LogP contribution in [0.25, 0.3) is 21.5 Å². The number of nitrogens with one attached hydrogen (secondary N) is 1. The third-order valence-corrected chi connectivity index (χ3v) is 16.5. The molecule has 1 aliphatic rings. The van der Waals surface area contributed by atoms with Gasteiger partial charge in [0.1, 0.15) is 23.3 Å². The predicted molar refractivity (Wildman–Crippen MR) is 292 cm³/mol. The Hall–Kier alpha value is -7.14. The number of β-amino-alcohol motifs (C(OH)–C–C–N with tert-alkyl or cyclic N) is 1. The van der Waals surface area contributed by atoms with Crippen LogP contribution in [0, 0.1) is 12.3 Å². The van der Waals surface area contributed by atoms with Gasteiger partial charge in [-0.2, -0.15) is 0 Å². The highest BCUT2D eigenvalue weighted by Crippen LogP contribution is 2.35. The van der Waals surface area contributed by atoms with Crippen molar-refractivity contribution in [2.24, 2.45) is 19.5 Å². The van der Waals surface area contributed by atoms with Gasteiger partial charge in [0.05, 0.1) is 40.4 Å². The van der Waals surface area contributed by atoms with Crippen LogP contribution in [0.5, 0.6) is 17.2 Å². The predicted octanol–water partition coefficient (Wildman–Crippen LogP) is 9.59. The van der Waals surface area contributed by atoms with E-state index in [0.29, 0.717) is 47.5 Å². The SMILES string of the molecule is CCCOc1cccc(Oc2cc3c(cc2CS(=O)(=O)c2cccc(C(=O)CCc4ccc(C(=O)N[C@H](C(=O)N5C[C@H](O)C[C@H]5C(=O)CCc5ccc(-c6sccc6C)cc5)C(C)(C)C)cc4)c2)n(C)c(=O)n3C)c1. The van der Waals surface area contributed by atoms with Crippen LogP contribution in [0.3, 0.4) is 0 Å². The number of benzene rings is 5. The highest BCUT2D eigenvalue weighted by atomic mass is 32.2. The summed E-state index contributed by atoms with van der Waals surface area (Å²) in [7, 11) is -0.816. The topological polar surface area (TPSA) is 183 Å². The molecule has 392 valence electrons. The van der Waals surface area contributed by atoms with Crippen LogP contribution in [0.4, 0.5) is 0 Å². The summed E-state index contributed by atoms with van der Waals surface area (Å²) in [4.78, 5) is 70.9. The number of aryl methyl sites for hydroxylation is 5. The first-order chi connectivity index (χ1) is 35.7. The third kappa shape index (κ3) is 12.5. The van der Waals surface area contributed by atoms with Crippen molar-refractivity contribution in [3.05, 3.63) is 165 Å². The number of ketones is 2. The largest absolute Gasteiger partial charge is 0.493 e. The first kappa shape index (κ1) is 54.1. The number of hydrogen-bond donors (Lipinski definition) is 2. The number of Topliss-reactive ketones (excluding diaryl/α,β-unsaturated/α-hetero) is 2. The van der Waals surface area contributed by atoms with E-state index < -0.39 is 51.0 Å². The van der Waals surface area contributed by atoms with E-state index in [1.807, 2.05) is 39.8 Å². The van der Waals surface area contributed by atoms with Crippen molar-refractivity contribution in [2.75, 3.05) is 13.2 Å². The summed E-state index contributed by atoms with van der Waals surface area (Å²) >= 11 is 1.68. The third-order valence-electron chi connectivity index (χ3n) is 13.7. The van der Waals surface area contributed by atoms with Crippen molar-refractivity contribution in [3.8, 4) is 27.7 Å². The lowest BCUT2D eigenvalue weighted by atomic mass is 9.85. The number of carbonyl (C=O) groups excluding carboxylic acids is 4. The van der Waals surface area contributed by atoms with E-state index in [4.69, 9.17) is 9.47 Å². The molecule has 1 fully saturated rings. The Labute approximate surface area is 441 Å². The molecule has 2 N–H and O–H groups in total. The molecule has 14 nitrogen and oxygen atoms in total. The van der Waals surface area contributed by atoms with E-state index >= 15 is 0 Å². The van der Waals surface area contributed by atoms with E-state index in [1.165, 1.54) is 42.7 Å². The van der Waals surface area contributed by atoms with Crippen LogP contribution in [0.2, 0.25) is 0 Å². The summed E-state index contributed by atoms with van der Waals surface area (Å²) in [5.74, 6) is -0.579. The molecule has 2 aromatic heterocycles. The van der Waals surface area contributed by atoms with Crippen LogP contribution in [0.1, 0.15) is 96.3 Å². The monoisotopic (exact) mass is 1050 g/mol. The van der Waals surface area contributed by atoms with Crippen molar-refractivity contribution in [1.29, 1.82) is 0 Å². The quantitative estimate of drug-likeness (QED) is 0.0698. The molecule has 1 aliphatic heterocycles. The number of fused-ring (bicyclic) bond motifs is 1. The fourth-order valence-electron chi connectivity index (χ4n) is 9.44. The van der Waals surface area contributed by atoms with Crippen LogP contribution in [0.15, 0.2) is 130 Å². The minimum absolute atomic E-state index is 0.0162. The summed E-state index contributed by atoms with van der Waals surface area (Å²) in [6.45, 7) is 10.1. The van der Waals surface area contributed by atoms with Crippen molar-refractivity contribution in [1.82, 2.24) is 19.4 Å². The number of amides is 2. The number of aliphatic hydroxyl groups is 1. The van der Waals surface area contributed by atoms with Crippen molar-refractivity contribution < 1.29 is 42.2 Å². The molecule has 0 unspecified atom stereocenters. The van der Waals surface area contributed by atoms with Gasteiger partial charge in [0, 0.05) is 73.6 Å². The molecule has 1 saturated heterocycles. The highest BCUT2D eigenvalue weighted by Gasteiger charge is 2.44. The Bertz CT molecular complexity index is 3420. The van der Waals surface area contributed by atoms with Crippen LogP contribution >= 0.6 is 11.3 Å². The maximum absolute atomic E-state index is 14.3. The van der Waals surface area contributed by atoms with Gasteiger partial charge in [0.15, 0.2) is 21.4 Å². The van der Waals surface area contributed by atoms with Gasteiger partial charge >= 0.3 is 5.69 Å². The van der Waals surface area contributed by atoms with Gasteiger partial charge in [-0.3, -0.25) is 28.3 Å². The number of aliphatic hydroxyl groups excluding tert-OH is 1. The molecule has 0 saturated carbocycles. The Kier molecular flexibility index (Phi) is 16.4. The first-order valence-corrected chi connectivity index (χ1v) is 27.7. The maximum Gasteiger partial charge on any atom is 0.328 e. The fraction of sp³-hybridized carbons (Fsp3) is 0.339. The smallest absolute Gasteiger partial charge is 0.328 e. The van der Waals surface area contributed by atoms with E-state index in [9.17, 15) is 37.5 Å². The van der Waals surface area contributed by atoms with E-state index in [-0.39, 0.29) is 64.8 Å². The number of imidazole rings is 1. The zero-order chi connectivity index (χ0) is 53.8. The van der Waals surface area contributed by atoms with Crippen LogP contribution < -0.4 is 20.5 Å². The summed E-state index contributed by atoms with van der Waals surface area (Å²) in [5, 5.41) is 15.7. The Morgan fingerprint density at radius 1 is 0.813 bits per heavy atom. The molecule has 3 atom stereocenters. The van der Waals surface area contributed by atoms with E-state index in [2.05, 4.69) is 35.8 Å². The normalized spacial score (nSPS) is 15.2. The number of thiophene rings is 1. The van der Waals surface area contributed by atoms with Gasteiger partial charge in [0.2, 0.25) is 5.91 Å². The molecule has 7 aromatic rings. The minimum atomic E-state index is -4.07. The standard InChI is InChI=1S/C59H64N4O10S2/c1-8-28-72-45-12-10-13-46(33-45)73-53-34-49-48(61(6)58(69)62(49)7)31-43(53)36-75(70,71)47-14-9-11-42(30-47)51(65)25-19-39-17-23-41(24-18-39)56(67)60-55(59(3,4)5)57(68)63-35-44(64)32-50(63)52(66)26-20-38-15-21-40(22-16-38)54-37(2)27-29-74-54/h9-18,21-24,27,29-31,33-34,44,50,55,64H,8,19-20,25-26,28,32,35-36H2,1-7H3,(H,60,67)/t44-,50+,55-/m1/s1. The van der Waals surface area contributed by atoms with Crippen LogP contribution in [-0.4, -0.2) is 82.3 Å². The zero-order valence-corrected chi connectivity index (χ0v) is 45.1. The second kappa shape index (κ2) is 22.8. The Morgan fingerprint density at radius 3 is 2.13 bits per heavy atom. The lowest BCUT2D eigenvalue weighted by Crippen LogP contribution is -2.56. The van der Waals surface area contributed by atoms with Crippen molar-refractivity contribution in [3.63, 3.8) is 0 Å². The fourth-order valence-corrected chi connectivity index (χ4v) is 11.8. The Balaban J connectivity index is 0.893. The van der Waals surface area contributed by atoms with E-state index in [1.54, 1.807) is 92.2 Å². The summed E-state index contributed by atoms with van der Waals surface area (Å²) in [6.07, 6.45) is 1.10. The number of nitrogens with zero attached hydrogens (tertiary/aromatic N) is 3. The van der Waals surface area contributed by atoms with Gasteiger partial charge in [-0.15, -0.1) is 11.3 Å². The molecule has 5 aromatic carbocycles. The molecule has 0 radical (unpaired) electrons. The van der Waals surface area contributed by atoms with E-state index in [0.717, 1.165) is 23.1 Å². The summed E-state index contributed by atoms with van der Waals surface area (Å²) in [6, 6.07) is 31.3. The summed E-state index contributed by atoms with van der Waals surface area (Å²) < 4.78 is 43.3. The van der Waals surface area contributed by atoms with Gasteiger partial charge in [-0.1, -0.05) is 82.3 Å². The minimum Gasteiger partial charge on any atom is -0.493 e. The first-order valence-electron chi connectivity index (χ1n) is 25.2. The molecular formula is C59H64N4O10S2. The van der Waals surface area contributed by atoms with Crippen molar-refractivity contribution in [2.45, 2.75) is 102 Å². The number of hydrogen-bond acceptors (Lipinski definition) is 11. The highest BCUT2D eigenvalue weighted by molar-refractivity contribution is 7.90. The lowest BCUT2D eigenvalue weighted by molar-refractivity contribution is -0.141. The molecule has 3 heterocycles. The van der Waals surface area contributed by atoms with Gasteiger partial charge in [-0.05, 0) is 108 Å². The van der Waals surface area contributed by atoms with Gasteiger partial charge < -0.3 is 24.8 Å². The number of aromatic nitrogens is 2. The second-order valence-corrected chi connectivity index (χ2v) is 23.4. The molecule has 0 bridgehead atoms. The lowest BCUT2D eigenvalue weighted by Gasteiger charge is -2.35. The van der Waals surface area contributed by atoms with Gasteiger partial charge in [0.25, 0.3) is 5.91 Å². The molecule has 0 aliphatic carbocycles. The molecular weight excluding hydrogens is 989 g/mol. The second-order valence-electron chi connectivity index (χ2n) is 20.4. The molecule has 0 spiro atoms. The number of ether oxygens (including phenoxy) is 2. The number of sulfone groups is 1. The number of carbonyl (C=O) groups is 4. The average molecular weight is 1050 g/mol. The van der Waals surface area contributed by atoms with Crippen LogP contribution in [-0.2, 0) is 52.1 Å². The maximum atomic E-state index is 14.3. The van der Waals surface area contributed by atoms with Gasteiger partial charge in [-0.25, -0.2) is 13.2 Å². The van der Waals surface area contributed by atoms with Crippen molar-refractivity contribution >= 4 is 55.6 Å². The number of rotatable bonds is 20. The molecule has 75 heavy (non-hydrogen) atoms.